The third-order valence-corrected chi connectivity index (χ3v) is 3.92. The molecular weight excluding hydrogens is 282 g/mol. The van der Waals surface area contributed by atoms with Gasteiger partial charge in [0.1, 0.15) is 18.2 Å². The number of piperidine rings is 1. The second-order valence-electron chi connectivity index (χ2n) is 6.14. The Kier molecular flexibility index (Phi) is 5.79. The smallest absolute Gasteiger partial charge is 0.325 e. The third kappa shape index (κ3) is 3.84. The zero-order valence-corrected chi connectivity index (χ0v) is 12.9. The first-order chi connectivity index (χ1) is 8.90. The van der Waals surface area contributed by atoms with E-state index in [-0.39, 0.29) is 24.9 Å². The monoisotopic (exact) mass is 305 g/mol. The van der Waals surface area contributed by atoms with Crippen molar-refractivity contribution in [2.45, 2.75) is 44.8 Å². The quantitative estimate of drug-likeness (QED) is 0.461. The van der Waals surface area contributed by atoms with Crippen LogP contribution in [0.4, 0.5) is 4.79 Å². The van der Waals surface area contributed by atoms with Crippen LogP contribution in [-0.2, 0) is 4.79 Å². The second kappa shape index (κ2) is 6.74. The number of β-amino-alcohol motifs (C(OH)–C–C–N with tert-alkyl or cyclic N) is 1. The lowest BCUT2D eigenvalue weighted by molar-refractivity contribution is -0.907. The number of amides is 3. The number of nitrogens with one attached hydrogen (secondary N) is 2. The number of quaternary nitrogens is 1. The third-order valence-electron chi connectivity index (χ3n) is 3.92. The number of likely N-dealkylation sites (tertiary alicyclic amines) is 1. The molecule has 2 rings (SSSR count). The number of carbonyl (C=O) groups excluding carboxylic acids is 2. The van der Waals surface area contributed by atoms with Gasteiger partial charge in [0.15, 0.2) is 0 Å². The molecule has 2 fully saturated rings. The highest BCUT2D eigenvalue weighted by Gasteiger charge is 2.44. The van der Waals surface area contributed by atoms with Crippen molar-refractivity contribution < 1.29 is 32.0 Å². The maximum Gasteiger partial charge on any atom is 0.325 e. The van der Waals surface area contributed by atoms with Gasteiger partial charge < -0.3 is 27.7 Å². The molecular formula is C13H24ClN3O3. The van der Waals surface area contributed by atoms with Crippen LogP contribution < -0.4 is 22.6 Å². The van der Waals surface area contributed by atoms with Crippen LogP contribution in [0.5, 0.6) is 0 Å². The average Bonchev–Trinajstić information content (AvgIpc) is 2.53. The molecule has 3 amide bonds. The van der Waals surface area contributed by atoms with E-state index in [4.69, 9.17) is 0 Å². The highest BCUT2D eigenvalue weighted by Crippen LogP contribution is 2.16. The lowest BCUT2D eigenvalue weighted by Crippen LogP contribution is -3.14. The number of aliphatic hydroxyl groups is 1. The number of hydrogen-bond acceptors (Lipinski definition) is 3. The van der Waals surface area contributed by atoms with Gasteiger partial charge in [-0.1, -0.05) is 0 Å². The SMILES string of the molecule is CC1(C)NC(=O)N(CC(O)C[NH+]2CCCCC2)C1=O.[Cl-]. The molecule has 2 aliphatic heterocycles. The highest BCUT2D eigenvalue weighted by molar-refractivity contribution is 6.06. The Balaban J connectivity index is 0.00000200. The fraction of sp³-hybridized carbons (Fsp3) is 0.846. The van der Waals surface area contributed by atoms with Crippen molar-refractivity contribution >= 4 is 11.9 Å². The molecule has 0 aromatic carbocycles. The largest absolute Gasteiger partial charge is 1.00 e. The summed E-state index contributed by atoms with van der Waals surface area (Å²) in [6.45, 7) is 6.20. The van der Waals surface area contributed by atoms with E-state index < -0.39 is 17.7 Å². The predicted octanol–water partition coefficient (Wildman–Crippen LogP) is -4.25. The number of rotatable bonds is 4. The summed E-state index contributed by atoms with van der Waals surface area (Å²) in [4.78, 5) is 26.2. The van der Waals surface area contributed by atoms with Gasteiger partial charge in [-0.15, -0.1) is 0 Å². The van der Waals surface area contributed by atoms with E-state index in [1.54, 1.807) is 13.8 Å². The molecule has 116 valence electrons. The number of urea groups is 1. The van der Waals surface area contributed by atoms with E-state index in [9.17, 15) is 14.7 Å². The predicted molar refractivity (Wildman–Crippen MR) is 69.7 cm³/mol. The fourth-order valence-corrected chi connectivity index (χ4v) is 2.85. The Morgan fingerprint density at radius 3 is 2.40 bits per heavy atom. The Morgan fingerprint density at radius 1 is 1.30 bits per heavy atom. The maximum absolute atomic E-state index is 12.0. The summed E-state index contributed by atoms with van der Waals surface area (Å²) in [6, 6.07) is -0.400. The number of nitrogens with zero attached hydrogens (tertiary/aromatic N) is 1. The minimum atomic E-state index is -0.852. The standard InChI is InChI=1S/C13H23N3O3.ClH/c1-13(2)11(18)16(12(19)14-13)9-10(17)8-15-6-4-3-5-7-15;/h10,17H,3-9H2,1-2H3,(H,14,19);1H. The normalized spacial score (nSPS) is 24.2. The summed E-state index contributed by atoms with van der Waals surface area (Å²) in [6.07, 6.45) is 3.01. The number of aliphatic hydroxyl groups excluding tert-OH is 1. The van der Waals surface area contributed by atoms with Crippen LogP contribution >= 0.6 is 0 Å². The molecule has 1 unspecified atom stereocenters. The van der Waals surface area contributed by atoms with Gasteiger partial charge in [-0.2, -0.15) is 0 Å². The Morgan fingerprint density at radius 2 is 1.90 bits per heavy atom. The Bertz CT molecular complexity index is 370. The van der Waals surface area contributed by atoms with Gasteiger partial charge in [-0.3, -0.25) is 9.69 Å². The molecule has 7 heteroatoms. The summed E-state index contributed by atoms with van der Waals surface area (Å²) >= 11 is 0. The first kappa shape index (κ1) is 17.2. The first-order valence-corrected chi connectivity index (χ1v) is 7.06. The van der Waals surface area contributed by atoms with E-state index >= 15 is 0 Å². The Labute approximate surface area is 125 Å². The number of imide groups is 1. The molecule has 0 aromatic rings. The molecule has 3 N–H and O–H groups in total. The van der Waals surface area contributed by atoms with Gasteiger partial charge in [-0.05, 0) is 33.1 Å². The van der Waals surface area contributed by atoms with Crippen LogP contribution in [-0.4, -0.2) is 59.8 Å². The van der Waals surface area contributed by atoms with E-state index in [1.165, 1.54) is 24.2 Å². The van der Waals surface area contributed by atoms with Crippen molar-refractivity contribution in [1.82, 2.24) is 10.2 Å². The van der Waals surface area contributed by atoms with Gasteiger partial charge in [0.25, 0.3) is 5.91 Å². The van der Waals surface area contributed by atoms with Gasteiger partial charge in [0, 0.05) is 0 Å². The highest BCUT2D eigenvalue weighted by atomic mass is 35.5. The molecule has 2 saturated heterocycles. The Hall–Kier alpha value is -0.850. The molecule has 2 heterocycles. The van der Waals surface area contributed by atoms with E-state index in [1.807, 2.05) is 0 Å². The van der Waals surface area contributed by atoms with E-state index in [2.05, 4.69) is 5.32 Å². The van der Waals surface area contributed by atoms with Crippen molar-refractivity contribution in [1.29, 1.82) is 0 Å². The van der Waals surface area contributed by atoms with Crippen molar-refractivity contribution in [2.24, 2.45) is 0 Å². The lowest BCUT2D eigenvalue weighted by Gasteiger charge is -2.27. The number of carbonyl (C=O) groups is 2. The number of hydrogen-bond donors (Lipinski definition) is 3. The van der Waals surface area contributed by atoms with Crippen LogP contribution in [0.3, 0.4) is 0 Å². The van der Waals surface area contributed by atoms with Gasteiger partial charge in [-0.25, -0.2) is 4.79 Å². The molecule has 0 aliphatic carbocycles. The van der Waals surface area contributed by atoms with Crippen LogP contribution in [0.1, 0.15) is 33.1 Å². The zero-order valence-electron chi connectivity index (χ0n) is 12.1. The fourth-order valence-electron chi connectivity index (χ4n) is 2.85. The summed E-state index contributed by atoms with van der Waals surface area (Å²) in [5.74, 6) is -0.259. The molecule has 1 atom stereocenters. The van der Waals surface area contributed by atoms with Crippen LogP contribution in [0.25, 0.3) is 0 Å². The lowest BCUT2D eigenvalue weighted by atomic mass is 10.1. The minimum absolute atomic E-state index is 0. The molecule has 0 spiro atoms. The molecule has 0 aromatic heterocycles. The molecule has 20 heavy (non-hydrogen) atoms. The zero-order chi connectivity index (χ0) is 14.0. The van der Waals surface area contributed by atoms with Gasteiger partial charge in [0.05, 0.1) is 19.6 Å². The summed E-state index contributed by atoms with van der Waals surface area (Å²) in [5.41, 5.74) is -0.852. The molecule has 2 aliphatic rings. The average molecular weight is 306 g/mol. The van der Waals surface area contributed by atoms with Crippen molar-refractivity contribution in [3.8, 4) is 0 Å². The summed E-state index contributed by atoms with van der Waals surface area (Å²) in [7, 11) is 0. The minimum Gasteiger partial charge on any atom is -1.00 e. The molecule has 0 bridgehead atoms. The summed E-state index contributed by atoms with van der Waals surface area (Å²) in [5, 5.41) is 12.7. The first-order valence-electron chi connectivity index (χ1n) is 7.06. The van der Waals surface area contributed by atoms with Crippen LogP contribution in [0.2, 0.25) is 0 Å². The molecule has 0 radical (unpaired) electrons. The topological polar surface area (TPSA) is 74.1 Å². The van der Waals surface area contributed by atoms with Gasteiger partial charge >= 0.3 is 6.03 Å². The van der Waals surface area contributed by atoms with E-state index in [0.29, 0.717) is 6.54 Å². The molecule has 6 nitrogen and oxygen atoms in total. The van der Waals surface area contributed by atoms with Crippen LogP contribution in [0.15, 0.2) is 0 Å². The van der Waals surface area contributed by atoms with Crippen molar-refractivity contribution in [3.63, 3.8) is 0 Å². The van der Waals surface area contributed by atoms with E-state index in [0.717, 1.165) is 18.0 Å². The van der Waals surface area contributed by atoms with Crippen LogP contribution in [0, 0.1) is 0 Å². The number of halogens is 1. The van der Waals surface area contributed by atoms with Gasteiger partial charge in [0.2, 0.25) is 0 Å². The summed E-state index contributed by atoms with van der Waals surface area (Å²) < 4.78 is 0. The van der Waals surface area contributed by atoms with Crippen molar-refractivity contribution in [2.75, 3.05) is 26.2 Å². The second-order valence-corrected chi connectivity index (χ2v) is 6.14. The van der Waals surface area contributed by atoms with Crippen molar-refractivity contribution in [3.05, 3.63) is 0 Å². The maximum atomic E-state index is 12.0. The molecule has 0 saturated carbocycles.